The van der Waals surface area contributed by atoms with E-state index in [-0.39, 0.29) is 17.9 Å². The normalized spacial score (nSPS) is 14.7. The van der Waals surface area contributed by atoms with Gasteiger partial charge in [0.1, 0.15) is 5.52 Å². The fourth-order valence-electron chi connectivity index (χ4n) is 3.50. The largest absolute Gasteiger partial charge is 0.462 e. The number of anilines is 1. The lowest BCUT2D eigenvalue weighted by Gasteiger charge is -2.30. The molecule has 0 bridgehead atoms. The first kappa shape index (κ1) is 19.0. The van der Waals surface area contributed by atoms with Crippen molar-refractivity contribution >= 4 is 28.8 Å². The molecule has 1 aromatic heterocycles. The molecule has 2 amide bonds. The summed E-state index contributed by atoms with van der Waals surface area (Å²) in [7, 11) is 0. The summed E-state index contributed by atoms with van der Waals surface area (Å²) in [4.78, 5) is 30.6. The molecule has 0 aliphatic carbocycles. The zero-order chi connectivity index (χ0) is 20.2. The zero-order valence-electron chi connectivity index (χ0n) is 16.3. The van der Waals surface area contributed by atoms with E-state index < -0.39 is 0 Å². The summed E-state index contributed by atoms with van der Waals surface area (Å²) in [5, 5.41) is 2.88. The molecule has 4 rings (SSSR count). The monoisotopic (exact) mass is 393 g/mol. The van der Waals surface area contributed by atoms with E-state index >= 15 is 0 Å². The van der Waals surface area contributed by atoms with Crippen LogP contribution in [0.2, 0.25) is 0 Å². The molecular formula is C22H23N3O4. The highest BCUT2D eigenvalue weighted by Crippen LogP contribution is 2.30. The van der Waals surface area contributed by atoms with Crippen molar-refractivity contribution in [2.24, 2.45) is 0 Å². The van der Waals surface area contributed by atoms with Gasteiger partial charge in [0.25, 0.3) is 0 Å². The Labute approximate surface area is 168 Å². The van der Waals surface area contributed by atoms with Gasteiger partial charge in [0.2, 0.25) is 0 Å². The molecule has 3 aromatic rings. The molecular weight excluding hydrogens is 370 g/mol. The van der Waals surface area contributed by atoms with E-state index in [2.05, 4.69) is 10.3 Å². The maximum Gasteiger partial charge on any atom is 0.338 e. The molecule has 1 N–H and O–H groups in total. The predicted molar refractivity (Wildman–Crippen MR) is 109 cm³/mol. The lowest BCUT2D eigenvalue weighted by atomic mass is 9.97. The number of para-hydroxylation sites is 2. The van der Waals surface area contributed by atoms with Crippen LogP contribution in [0, 0.1) is 0 Å². The Morgan fingerprint density at radius 2 is 1.86 bits per heavy atom. The second kappa shape index (κ2) is 8.34. The standard InChI is InChI=1S/C22H23N3O4/c1-2-28-21(26)16-7-9-17(10-8-16)23-22(27)25-13-11-15(12-14-25)20-24-18-5-3-4-6-19(18)29-20/h3-10,15H,2,11-14H2,1H3,(H,23,27). The van der Waals surface area contributed by atoms with Crippen LogP contribution in [0.3, 0.4) is 0 Å². The number of benzene rings is 2. The first-order chi connectivity index (χ1) is 14.1. The van der Waals surface area contributed by atoms with Crippen LogP contribution in [0.1, 0.15) is 41.9 Å². The van der Waals surface area contributed by atoms with Crippen LogP contribution in [0.15, 0.2) is 52.9 Å². The number of aromatic nitrogens is 1. The predicted octanol–water partition coefficient (Wildman–Crippen LogP) is 4.42. The number of ether oxygens (including phenoxy) is 1. The summed E-state index contributed by atoms with van der Waals surface area (Å²) in [6.07, 6.45) is 1.62. The Bertz CT molecular complexity index is 971. The van der Waals surface area contributed by atoms with Crippen LogP contribution in [0.25, 0.3) is 11.1 Å². The highest BCUT2D eigenvalue weighted by atomic mass is 16.5. The number of hydrogen-bond donors (Lipinski definition) is 1. The van der Waals surface area contributed by atoms with E-state index in [4.69, 9.17) is 9.15 Å². The molecule has 1 aliphatic heterocycles. The Morgan fingerprint density at radius 1 is 1.14 bits per heavy atom. The number of piperidine rings is 1. The van der Waals surface area contributed by atoms with Gasteiger partial charge in [0.05, 0.1) is 12.2 Å². The van der Waals surface area contributed by atoms with Crippen molar-refractivity contribution in [3.05, 3.63) is 60.0 Å². The van der Waals surface area contributed by atoms with Crippen LogP contribution in [0.4, 0.5) is 10.5 Å². The number of urea groups is 1. The highest BCUT2D eigenvalue weighted by Gasteiger charge is 2.27. The van der Waals surface area contributed by atoms with Crippen LogP contribution < -0.4 is 5.32 Å². The van der Waals surface area contributed by atoms with Gasteiger partial charge in [-0.25, -0.2) is 14.6 Å². The van der Waals surface area contributed by atoms with Crippen LogP contribution in [-0.4, -0.2) is 41.6 Å². The van der Waals surface area contributed by atoms with Crippen molar-refractivity contribution in [2.45, 2.75) is 25.7 Å². The van der Waals surface area contributed by atoms with Crippen molar-refractivity contribution < 1.29 is 18.7 Å². The molecule has 1 fully saturated rings. The molecule has 150 valence electrons. The number of nitrogens with zero attached hydrogens (tertiary/aromatic N) is 2. The first-order valence-electron chi connectivity index (χ1n) is 9.82. The molecule has 2 heterocycles. The molecule has 0 saturated carbocycles. The van der Waals surface area contributed by atoms with E-state index in [1.165, 1.54) is 0 Å². The molecule has 29 heavy (non-hydrogen) atoms. The third-order valence-electron chi connectivity index (χ3n) is 5.09. The van der Waals surface area contributed by atoms with Gasteiger partial charge in [-0.05, 0) is 56.2 Å². The smallest absolute Gasteiger partial charge is 0.338 e. The Morgan fingerprint density at radius 3 is 2.55 bits per heavy atom. The van der Waals surface area contributed by atoms with E-state index in [1.807, 2.05) is 24.3 Å². The van der Waals surface area contributed by atoms with Gasteiger partial charge in [-0.3, -0.25) is 0 Å². The number of likely N-dealkylation sites (tertiary alicyclic amines) is 1. The number of amides is 2. The van der Waals surface area contributed by atoms with Gasteiger partial charge in [-0.2, -0.15) is 0 Å². The topological polar surface area (TPSA) is 84.7 Å². The van der Waals surface area contributed by atoms with Gasteiger partial charge in [-0.15, -0.1) is 0 Å². The molecule has 7 heteroatoms. The van der Waals surface area contributed by atoms with Gasteiger partial charge >= 0.3 is 12.0 Å². The first-order valence-corrected chi connectivity index (χ1v) is 9.82. The van der Waals surface area contributed by atoms with E-state index in [0.29, 0.717) is 30.9 Å². The molecule has 0 radical (unpaired) electrons. The Hall–Kier alpha value is -3.35. The number of carbonyl (C=O) groups excluding carboxylic acids is 2. The molecule has 1 aliphatic rings. The number of nitrogens with one attached hydrogen (secondary N) is 1. The Balaban J connectivity index is 1.32. The van der Waals surface area contributed by atoms with Crippen molar-refractivity contribution in [3.63, 3.8) is 0 Å². The SMILES string of the molecule is CCOC(=O)c1ccc(NC(=O)N2CCC(c3nc4ccccc4o3)CC2)cc1. The zero-order valence-corrected chi connectivity index (χ0v) is 16.3. The lowest BCUT2D eigenvalue weighted by molar-refractivity contribution is 0.0526. The number of rotatable bonds is 4. The van der Waals surface area contributed by atoms with Crippen molar-refractivity contribution in [3.8, 4) is 0 Å². The molecule has 0 atom stereocenters. The second-order valence-electron chi connectivity index (χ2n) is 7.01. The van der Waals surface area contributed by atoms with Crippen LogP contribution >= 0.6 is 0 Å². The third-order valence-corrected chi connectivity index (χ3v) is 5.09. The molecule has 2 aromatic carbocycles. The molecule has 1 saturated heterocycles. The van der Waals surface area contributed by atoms with Gasteiger partial charge in [-0.1, -0.05) is 12.1 Å². The van der Waals surface area contributed by atoms with E-state index in [1.54, 1.807) is 36.1 Å². The number of fused-ring (bicyclic) bond motifs is 1. The maximum absolute atomic E-state index is 12.6. The minimum atomic E-state index is -0.369. The number of carbonyl (C=O) groups is 2. The number of hydrogen-bond acceptors (Lipinski definition) is 5. The van der Waals surface area contributed by atoms with E-state index in [0.717, 1.165) is 29.8 Å². The van der Waals surface area contributed by atoms with Crippen LogP contribution in [0.5, 0.6) is 0 Å². The average Bonchev–Trinajstić information content (AvgIpc) is 3.19. The fourth-order valence-corrected chi connectivity index (χ4v) is 3.50. The summed E-state index contributed by atoms with van der Waals surface area (Å²) in [5.41, 5.74) is 2.77. The summed E-state index contributed by atoms with van der Waals surface area (Å²) >= 11 is 0. The summed E-state index contributed by atoms with van der Waals surface area (Å²) in [5.74, 6) is 0.600. The molecule has 0 unspecified atom stereocenters. The van der Waals surface area contributed by atoms with Crippen LogP contribution in [-0.2, 0) is 4.74 Å². The van der Waals surface area contributed by atoms with Gasteiger partial charge < -0.3 is 19.4 Å². The van der Waals surface area contributed by atoms with Gasteiger partial charge in [0, 0.05) is 24.7 Å². The van der Waals surface area contributed by atoms with Crippen molar-refractivity contribution in [1.82, 2.24) is 9.88 Å². The minimum Gasteiger partial charge on any atom is -0.462 e. The van der Waals surface area contributed by atoms with Gasteiger partial charge in [0.15, 0.2) is 11.5 Å². The fraction of sp³-hybridized carbons (Fsp3) is 0.318. The molecule has 7 nitrogen and oxygen atoms in total. The minimum absolute atomic E-state index is 0.148. The summed E-state index contributed by atoms with van der Waals surface area (Å²) in [6.45, 7) is 3.36. The number of esters is 1. The molecule has 0 spiro atoms. The Kier molecular flexibility index (Phi) is 5.46. The summed E-state index contributed by atoms with van der Waals surface area (Å²) < 4.78 is 10.8. The third kappa shape index (κ3) is 4.23. The lowest BCUT2D eigenvalue weighted by Crippen LogP contribution is -2.40. The number of oxazole rings is 1. The quantitative estimate of drug-likeness (QED) is 0.664. The average molecular weight is 393 g/mol. The maximum atomic E-state index is 12.6. The second-order valence-corrected chi connectivity index (χ2v) is 7.01. The van der Waals surface area contributed by atoms with Crippen molar-refractivity contribution in [2.75, 3.05) is 25.0 Å². The van der Waals surface area contributed by atoms with E-state index in [9.17, 15) is 9.59 Å². The van der Waals surface area contributed by atoms with Crippen molar-refractivity contribution in [1.29, 1.82) is 0 Å². The summed E-state index contributed by atoms with van der Waals surface area (Å²) in [6, 6.07) is 14.3. The highest BCUT2D eigenvalue weighted by molar-refractivity contribution is 5.92.